The van der Waals surface area contributed by atoms with Crippen LogP contribution < -0.4 is 4.90 Å². The number of nitrogens with zero attached hydrogens (tertiary/aromatic N) is 1. The average molecular weight is 446 g/mol. The predicted octanol–water partition coefficient (Wildman–Crippen LogP) is 4.58. The predicted molar refractivity (Wildman–Crippen MR) is 125 cm³/mol. The van der Waals surface area contributed by atoms with Crippen molar-refractivity contribution in [3.63, 3.8) is 0 Å². The summed E-state index contributed by atoms with van der Waals surface area (Å²) in [6.45, 7) is 0.690. The quantitative estimate of drug-likeness (QED) is 0.433. The maximum absolute atomic E-state index is 13.0. The Hall–Kier alpha value is -3.38. The molecule has 0 aromatic heterocycles. The molecule has 6 heteroatoms. The summed E-state index contributed by atoms with van der Waals surface area (Å²) in [6.07, 6.45) is 1.71. The van der Waals surface area contributed by atoms with Crippen LogP contribution in [0.4, 0.5) is 5.69 Å². The molecule has 0 radical (unpaired) electrons. The summed E-state index contributed by atoms with van der Waals surface area (Å²) in [4.78, 5) is 28.0. The molecule has 1 saturated heterocycles. The van der Waals surface area contributed by atoms with Gasteiger partial charge in [0.25, 0.3) is 0 Å². The molecule has 170 valence electrons. The molecule has 0 bridgehead atoms. The topological polar surface area (TPSA) is 65.1 Å². The van der Waals surface area contributed by atoms with E-state index in [-0.39, 0.29) is 18.1 Å². The van der Waals surface area contributed by atoms with Crippen LogP contribution in [-0.4, -0.2) is 38.8 Å². The van der Waals surface area contributed by atoms with Crippen molar-refractivity contribution in [3.8, 4) is 0 Å². The maximum atomic E-state index is 13.0. The van der Waals surface area contributed by atoms with E-state index in [1.54, 1.807) is 0 Å². The molecule has 3 aromatic rings. The molecule has 2 aliphatic rings. The fourth-order valence-corrected chi connectivity index (χ4v) is 5.50. The largest absolute Gasteiger partial charge is 0.467 e. The average Bonchev–Trinajstić information content (AvgIpc) is 2.88. The van der Waals surface area contributed by atoms with Gasteiger partial charge in [-0.3, -0.25) is 0 Å². The molecule has 0 saturated carbocycles. The number of anilines is 1. The van der Waals surface area contributed by atoms with Crippen molar-refractivity contribution in [2.45, 2.75) is 31.0 Å². The van der Waals surface area contributed by atoms with Crippen molar-refractivity contribution >= 4 is 28.4 Å². The Labute approximate surface area is 193 Å². The van der Waals surface area contributed by atoms with E-state index in [4.69, 9.17) is 14.2 Å². The van der Waals surface area contributed by atoms with E-state index in [1.807, 2.05) is 47.4 Å². The third-order valence-electron chi connectivity index (χ3n) is 6.86. The van der Waals surface area contributed by atoms with Gasteiger partial charge in [0.1, 0.15) is 0 Å². The Morgan fingerprint density at radius 1 is 0.909 bits per heavy atom. The van der Waals surface area contributed by atoms with Gasteiger partial charge in [0.15, 0.2) is 0 Å². The third kappa shape index (κ3) is 3.55. The van der Waals surface area contributed by atoms with E-state index in [0.717, 1.165) is 40.4 Å². The number of fused-ring (bicyclic) bond motifs is 4. The molecule has 0 amide bonds. The number of para-hydroxylation sites is 1. The van der Waals surface area contributed by atoms with E-state index in [0.29, 0.717) is 6.61 Å². The van der Waals surface area contributed by atoms with Crippen molar-refractivity contribution in [3.05, 3.63) is 77.9 Å². The summed E-state index contributed by atoms with van der Waals surface area (Å²) >= 11 is 0. The van der Waals surface area contributed by atoms with Crippen LogP contribution in [0.1, 0.15) is 36.1 Å². The highest BCUT2D eigenvalue weighted by molar-refractivity contribution is 6.03. The van der Waals surface area contributed by atoms with Gasteiger partial charge in [0.05, 0.1) is 26.4 Å². The summed E-state index contributed by atoms with van der Waals surface area (Å²) in [7, 11) is 2.60. The summed E-state index contributed by atoms with van der Waals surface area (Å²) in [5, 5.41) is 2.20. The van der Waals surface area contributed by atoms with Crippen LogP contribution in [0.5, 0.6) is 0 Å². The van der Waals surface area contributed by atoms with Gasteiger partial charge >= 0.3 is 11.9 Å². The Kier molecular flexibility index (Phi) is 5.77. The zero-order valence-electron chi connectivity index (χ0n) is 18.8. The van der Waals surface area contributed by atoms with Gasteiger partial charge in [-0.15, -0.1) is 0 Å². The van der Waals surface area contributed by atoms with Gasteiger partial charge in [-0.2, -0.15) is 0 Å². The normalized spacial score (nSPS) is 21.9. The van der Waals surface area contributed by atoms with Crippen molar-refractivity contribution in [2.75, 3.05) is 25.7 Å². The molecule has 3 atom stereocenters. The summed E-state index contributed by atoms with van der Waals surface area (Å²) in [5.74, 6) is -1.23. The summed E-state index contributed by atoms with van der Waals surface area (Å²) < 4.78 is 16.5. The zero-order valence-corrected chi connectivity index (χ0v) is 18.8. The lowest BCUT2D eigenvalue weighted by molar-refractivity contribution is -0.154. The van der Waals surface area contributed by atoms with E-state index in [9.17, 15) is 9.59 Å². The first-order chi connectivity index (χ1) is 16.2. The number of hydrogen-bond acceptors (Lipinski definition) is 6. The molecule has 0 aliphatic carbocycles. The molecule has 2 heterocycles. The van der Waals surface area contributed by atoms with Gasteiger partial charge in [-0.25, -0.2) is 9.59 Å². The number of rotatable bonds is 4. The molecule has 2 aliphatic heterocycles. The van der Waals surface area contributed by atoms with Crippen molar-refractivity contribution in [1.82, 2.24) is 0 Å². The van der Waals surface area contributed by atoms with Gasteiger partial charge in [0, 0.05) is 23.8 Å². The number of methoxy groups -OCH3 is 2. The number of carbonyl (C=O) groups excluding carboxylic acids is 2. The first kappa shape index (κ1) is 21.5. The van der Waals surface area contributed by atoms with Gasteiger partial charge < -0.3 is 19.1 Å². The fraction of sp³-hybridized carbons (Fsp3) is 0.333. The molecule has 5 rings (SSSR count). The molecule has 0 unspecified atom stereocenters. The minimum Gasteiger partial charge on any atom is -0.467 e. The highest BCUT2D eigenvalue weighted by atomic mass is 16.5. The Bertz CT molecular complexity index is 1170. The highest BCUT2D eigenvalue weighted by Gasteiger charge is 2.50. The number of ether oxygens (including phenoxy) is 3. The summed E-state index contributed by atoms with van der Waals surface area (Å²) in [5.41, 5.74) is 2.83. The van der Waals surface area contributed by atoms with E-state index >= 15 is 0 Å². The van der Waals surface area contributed by atoms with E-state index < -0.39 is 18.0 Å². The monoisotopic (exact) mass is 445 g/mol. The maximum Gasteiger partial charge on any atom is 0.340 e. The van der Waals surface area contributed by atoms with Crippen LogP contribution in [0.25, 0.3) is 10.8 Å². The second-order valence-electron chi connectivity index (χ2n) is 8.53. The SMILES string of the molecule is COC(=O)C(C(=O)OC)N1c2ccccc2[C@@H]2OCCC[C@@H]2[C@@H]1c1cccc2ccccc12. The molecule has 3 aromatic carbocycles. The third-order valence-corrected chi connectivity index (χ3v) is 6.86. The molecule has 0 N–H and O–H groups in total. The highest BCUT2D eigenvalue weighted by Crippen LogP contribution is 2.54. The van der Waals surface area contributed by atoms with Crippen LogP contribution in [0.15, 0.2) is 66.7 Å². The molecule has 1 fully saturated rings. The summed E-state index contributed by atoms with van der Waals surface area (Å²) in [6, 6.07) is 20.7. The lowest BCUT2D eigenvalue weighted by atomic mass is 9.74. The molecule has 6 nitrogen and oxygen atoms in total. The van der Waals surface area contributed by atoms with Crippen LogP contribution in [0.3, 0.4) is 0 Å². The minimum atomic E-state index is -1.23. The molecule has 33 heavy (non-hydrogen) atoms. The van der Waals surface area contributed by atoms with Gasteiger partial charge in [-0.05, 0) is 35.2 Å². The van der Waals surface area contributed by atoms with Crippen molar-refractivity contribution in [1.29, 1.82) is 0 Å². The second kappa shape index (κ2) is 8.87. The number of carbonyl (C=O) groups is 2. The fourth-order valence-electron chi connectivity index (χ4n) is 5.50. The lowest BCUT2D eigenvalue weighted by Gasteiger charge is -2.50. The second-order valence-corrected chi connectivity index (χ2v) is 8.53. The Morgan fingerprint density at radius 2 is 1.58 bits per heavy atom. The Morgan fingerprint density at radius 3 is 2.36 bits per heavy atom. The van der Waals surface area contributed by atoms with E-state index in [2.05, 4.69) is 24.3 Å². The Balaban J connectivity index is 1.80. The van der Waals surface area contributed by atoms with Gasteiger partial charge in [-0.1, -0.05) is 60.7 Å². The van der Waals surface area contributed by atoms with Crippen LogP contribution in [0, 0.1) is 5.92 Å². The van der Waals surface area contributed by atoms with E-state index in [1.165, 1.54) is 14.2 Å². The number of esters is 2. The van der Waals surface area contributed by atoms with Crippen molar-refractivity contribution < 1.29 is 23.8 Å². The first-order valence-electron chi connectivity index (χ1n) is 11.3. The minimum absolute atomic E-state index is 0.0521. The number of hydrogen-bond donors (Lipinski definition) is 0. The molecule has 0 spiro atoms. The van der Waals surface area contributed by atoms with Crippen molar-refractivity contribution in [2.24, 2.45) is 5.92 Å². The molecular formula is C27H27NO5. The van der Waals surface area contributed by atoms with Gasteiger partial charge in [0.2, 0.25) is 6.04 Å². The van der Waals surface area contributed by atoms with Crippen LogP contribution >= 0.6 is 0 Å². The standard InChI is InChI=1S/C27H27NO5/c1-31-26(29)24(27(30)32-2)28-22-15-6-5-12-20(22)25-21(14-8-16-33-25)23(28)19-13-7-10-17-9-3-4-11-18(17)19/h3-7,9-13,15,21,23-25H,8,14,16H2,1-2H3/t21-,23+,25+/m1/s1. The zero-order chi connectivity index (χ0) is 22.9. The smallest absolute Gasteiger partial charge is 0.340 e. The molecular weight excluding hydrogens is 418 g/mol. The first-order valence-corrected chi connectivity index (χ1v) is 11.3. The lowest BCUT2D eigenvalue weighted by Crippen LogP contribution is -2.55. The van der Waals surface area contributed by atoms with Crippen LogP contribution in [-0.2, 0) is 23.8 Å². The number of benzene rings is 3. The van der Waals surface area contributed by atoms with Crippen LogP contribution in [0.2, 0.25) is 0 Å².